The van der Waals surface area contributed by atoms with E-state index in [-0.39, 0.29) is 10.7 Å². The molecular formula is C11H24N2O2S2. The first-order valence-electron chi connectivity index (χ1n) is 6.00. The summed E-state index contributed by atoms with van der Waals surface area (Å²) in [7, 11) is -3.32. The molecule has 6 heteroatoms. The van der Waals surface area contributed by atoms with Crippen LogP contribution < -0.4 is 10.5 Å². The maximum atomic E-state index is 11.9. The van der Waals surface area contributed by atoms with E-state index < -0.39 is 15.6 Å². The van der Waals surface area contributed by atoms with Crippen molar-refractivity contribution >= 4 is 27.2 Å². The van der Waals surface area contributed by atoms with Crippen molar-refractivity contribution in [1.29, 1.82) is 0 Å². The summed E-state index contributed by atoms with van der Waals surface area (Å²) in [6, 6.07) is 0. The quantitative estimate of drug-likeness (QED) is 0.665. The zero-order valence-electron chi connectivity index (χ0n) is 11.1. The van der Waals surface area contributed by atoms with Crippen LogP contribution in [0.4, 0.5) is 0 Å². The van der Waals surface area contributed by atoms with E-state index in [4.69, 9.17) is 18.0 Å². The Morgan fingerprint density at radius 2 is 1.82 bits per heavy atom. The van der Waals surface area contributed by atoms with Crippen LogP contribution in [0, 0.1) is 5.92 Å². The van der Waals surface area contributed by atoms with Gasteiger partial charge in [-0.25, -0.2) is 13.1 Å². The standard InChI is InChI=1S/C11H24N2O2S2/c1-5-11(6-2,10(12)16)13-17(14,15)8-7-9(3)4/h9,13H,5-8H2,1-4H3,(H2,12,16). The second kappa shape index (κ2) is 6.66. The van der Waals surface area contributed by atoms with Crippen molar-refractivity contribution in [2.45, 2.75) is 52.5 Å². The number of nitrogens with two attached hydrogens (primary N) is 1. The third-order valence-corrected chi connectivity index (χ3v) is 4.86. The molecule has 0 rings (SSSR count). The minimum atomic E-state index is -3.32. The molecule has 0 saturated heterocycles. The molecule has 102 valence electrons. The molecule has 0 aromatic heterocycles. The number of nitrogens with one attached hydrogen (secondary N) is 1. The molecule has 3 N–H and O–H groups in total. The van der Waals surface area contributed by atoms with Gasteiger partial charge in [-0.1, -0.05) is 39.9 Å². The summed E-state index contributed by atoms with van der Waals surface area (Å²) in [5.41, 5.74) is 4.89. The van der Waals surface area contributed by atoms with Crippen LogP contribution in [0.3, 0.4) is 0 Å². The lowest BCUT2D eigenvalue weighted by Crippen LogP contribution is -2.56. The number of sulfonamides is 1. The minimum absolute atomic E-state index is 0.120. The molecule has 17 heavy (non-hydrogen) atoms. The molecule has 0 aromatic carbocycles. The van der Waals surface area contributed by atoms with Crippen molar-refractivity contribution in [1.82, 2.24) is 4.72 Å². The lowest BCUT2D eigenvalue weighted by atomic mass is 9.94. The normalized spacial score (nSPS) is 13.0. The van der Waals surface area contributed by atoms with Crippen LogP contribution in [0.1, 0.15) is 47.0 Å². The Labute approximate surface area is 110 Å². The third kappa shape index (κ3) is 5.31. The van der Waals surface area contributed by atoms with Gasteiger partial charge in [0.05, 0.1) is 16.3 Å². The number of hydrogen-bond donors (Lipinski definition) is 2. The lowest BCUT2D eigenvalue weighted by molar-refractivity contribution is 0.463. The summed E-state index contributed by atoms with van der Waals surface area (Å²) in [5.74, 6) is 0.476. The van der Waals surface area contributed by atoms with Crippen LogP contribution in [-0.4, -0.2) is 24.7 Å². The molecule has 0 aliphatic carbocycles. The van der Waals surface area contributed by atoms with E-state index in [0.29, 0.717) is 25.2 Å². The van der Waals surface area contributed by atoms with Crippen LogP contribution in [0.2, 0.25) is 0 Å². The Hall–Kier alpha value is -0.200. The van der Waals surface area contributed by atoms with E-state index in [0.717, 1.165) is 0 Å². The van der Waals surface area contributed by atoms with Crippen LogP contribution in [-0.2, 0) is 10.0 Å². The van der Waals surface area contributed by atoms with Gasteiger partial charge >= 0.3 is 0 Å². The van der Waals surface area contributed by atoms with Crippen molar-refractivity contribution in [3.8, 4) is 0 Å². The highest BCUT2D eigenvalue weighted by Gasteiger charge is 2.33. The average molecular weight is 280 g/mol. The monoisotopic (exact) mass is 280 g/mol. The van der Waals surface area contributed by atoms with E-state index in [1.807, 2.05) is 27.7 Å². The molecule has 0 unspecified atom stereocenters. The van der Waals surface area contributed by atoms with Gasteiger partial charge in [0.25, 0.3) is 0 Å². The third-order valence-electron chi connectivity index (χ3n) is 2.99. The van der Waals surface area contributed by atoms with Gasteiger partial charge in [-0.2, -0.15) is 0 Å². The summed E-state index contributed by atoms with van der Waals surface area (Å²) in [6.07, 6.45) is 1.77. The topological polar surface area (TPSA) is 72.2 Å². The zero-order valence-corrected chi connectivity index (χ0v) is 12.7. The van der Waals surface area contributed by atoms with Gasteiger partial charge in [0, 0.05) is 0 Å². The highest BCUT2D eigenvalue weighted by molar-refractivity contribution is 7.89. The number of rotatable bonds is 8. The maximum Gasteiger partial charge on any atom is 0.212 e. The molecule has 0 aliphatic heterocycles. The minimum Gasteiger partial charge on any atom is -0.392 e. The van der Waals surface area contributed by atoms with E-state index >= 15 is 0 Å². The second-order valence-electron chi connectivity index (χ2n) is 4.76. The molecule has 0 heterocycles. The van der Waals surface area contributed by atoms with Gasteiger partial charge in [-0.05, 0) is 25.2 Å². The van der Waals surface area contributed by atoms with Gasteiger partial charge in [-0.15, -0.1) is 0 Å². The van der Waals surface area contributed by atoms with Gasteiger partial charge in [0.15, 0.2) is 0 Å². The summed E-state index contributed by atoms with van der Waals surface area (Å²) in [5, 5.41) is 0. The Bertz CT molecular complexity index is 346. The lowest BCUT2D eigenvalue weighted by Gasteiger charge is -2.31. The summed E-state index contributed by atoms with van der Waals surface area (Å²) < 4.78 is 26.6. The first-order chi connectivity index (χ1) is 7.69. The fourth-order valence-electron chi connectivity index (χ4n) is 1.53. The first-order valence-corrected chi connectivity index (χ1v) is 8.06. The van der Waals surface area contributed by atoms with Crippen molar-refractivity contribution in [2.75, 3.05) is 5.75 Å². The summed E-state index contributed by atoms with van der Waals surface area (Å²) in [4.78, 5) is 0.218. The maximum absolute atomic E-state index is 11.9. The number of hydrogen-bond acceptors (Lipinski definition) is 3. The van der Waals surface area contributed by atoms with Crippen LogP contribution >= 0.6 is 12.2 Å². The molecule has 0 fully saturated rings. The highest BCUT2D eigenvalue weighted by Crippen LogP contribution is 2.17. The highest BCUT2D eigenvalue weighted by atomic mass is 32.2. The smallest absolute Gasteiger partial charge is 0.212 e. The molecule has 0 radical (unpaired) electrons. The Balaban J connectivity index is 4.82. The van der Waals surface area contributed by atoms with Crippen LogP contribution in [0.5, 0.6) is 0 Å². The van der Waals surface area contributed by atoms with Crippen LogP contribution in [0.15, 0.2) is 0 Å². The van der Waals surface area contributed by atoms with E-state index in [9.17, 15) is 8.42 Å². The predicted molar refractivity (Wildman–Crippen MR) is 76.5 cm³/mol. The Morgan fingerprint density at radius 1 is 1.35 bits per heavy atom. The van der Waals surface area contributed by atoms with Gasteiger partial charge in [0.2, 0.25) is 10.0 Å². The molecular weight excluding hydrogens is 256 g/mol. The SMILES string of the molecule is CCC(CC)(NS(=O)(=O)CCC(C)C)C(N)=S. The molecule has 0 aromatic rings. The van der Waals surface area contributed by atoms with Crippen molar-refractivity contribution in [3.63, 3.8) is 0 Å². The fraction of sp³-hybridized carbons (Fsp3) is 0.909. The zero-order chi connectivity index (χ0) is 13.7. The van der Waals surface area contributed by atoms with E-state index in [2.05, 4.69) is 4.72 Å². The molecule has 0 atom stereocenters. The molecule has 0 spiro atoms. The predicted octanol–water partition coefficient (Wildman–Crippen LogP) is 1.80. The van der Waals surface area contributed by atoms with E-state index in [1.165, 1.54) is 0 Å². The second-order valence-corrected chi connectivity index (χ2v) is 7.04. The Kier molecular flexibility index (Phi) is 6.58. The Morgan fingerprint density at radius 3 is 2.12 bits per heavy atom. The van der Waals surface area contributed by atoms with Gasteiger partial charge in [-0.3, -0.25) is 0 Å². The van der Waals surface area contributed by atoms with Crippen molar-refractivity contribution in [2.24, 2.45) is 11.7 Å². The molecule has 0 amide bonds. The number of thiocarbonyl (C=S) groups is 1. The fourth-order valence-corrected chi connectivity index (χ4v) is 3.81. The first kappa shape index (κ1) is 16.8. The van der Waals surface area contributed by atoms with Crippen molar-refractivity contribution < 1.29 is 8.42 Å². The summed E-state index contributed by atoms with van der Waals surface area (Å²) >= 11 is 4.98. The van der Waals surface area contributed by atoms with Crippen molar-refractivity contribution in [3.05, 3.63) is 0 Å². The molecule has 0 bridgehead atoms. The molecule has 0 aliphatic rings. The van der Waals surface area contributed by atoms with Crippen LogP contribution in [0.25, 0.3) is 0 Å². The molecule has 0 saturated carbocycles. The average Bonchev–Trinajstić information content (AvgIpc) is 2.23. The summed E-state index contributed by atoms with van der Waals surface area (Å²) in [6.45, 7) is 7.76. The van der Waals surface area contributed by atoms with Gasteiger partial charge < -0.3 is 5.73 Å². The van der Waals surface area contributed by atoms with Gasteiger partial charge in [0.1, 0.15) is 0 Å². The van der Waals surface area contributed by atoms with E-state index in [1.54, 1.807) is 0 Å². The largest absolute Gasteiger partial charge is 0.392 e. The molecule has 4 nitrogen and oxygen atoms in total.